The number of hydrogen-bond donors (Lipinski definition) is 0. The molecule has 0 heterocycles. The van der Waals surface area contributed by atoms with Crippen LogP contribution in [0.15, 0.2) is 12.2 Å². The second-order valence-electron chi connectivity index (χ2n) is 7.25. The Bertz CT molecular complexity index is 312. The molecule has 0 radical (unpaired) electrons. The Kier molecular flexibility index (Phi) is 1.79. The van der Waals surface area contributed by atoms with Crippen molar-refractivity contribution in [1.29, 1.82) is 0 Å². The molecule has 3 aliphatic rings. The molecule has 1 spiro atoms. The van der Waals surface area contributed by atoms with Gasteiger partial charge in [0.05, 0.1) is 0 Å². The maximum absolute atomic E-state index is 4.37. The van der Waals surface area contributed by atoms with E-state index >= 15 is 0 Å². The fourth-order valence-electron chi connectivity index (χ4n) is 5.38. The van der Waals surface area contributed by atoms with Crippen molar-refractivity contribution in [3.05, 3.63) is 12.2 Å². The lowest BCUT2D eigenvalue weighted by Crippen LogP contribution is -2.29. The van der Waals surface area contributed by atoms with Crippen molar-refractivity contribution in [1.82, 2.24) is 0 Å². The maximum Gasteiger partial charge on any atom is -0.0139 e. The normalized spacial score (nSPS) is 51.9. The Labute approximate surface area is 94.1 Å². The minimum atomic E-state index is 0.574. The molecule has 0 amide bonds. The Balaban J connectivity index is 2.05. The predicted molar refractivity (Wildman–Crippen MR) is 64.6 cm³/mol. The van der Waals surface area contributed by atoms with E-state index in [0.717, 1.165) is 17.8 Å². The van der Waals surface area contributed by atoms with Crippen LogP contribution >= 0.6 is 0 Å². The van der Waals surface area contributed by atoms with Gasteiger partial charge in [-0.2, -0.15) is 0 Å². The van der Waals surface area contributed by atoms with Gasteiger partial charge in [0, 0.05) is 0 Å². The summed E-state index contributed by atoms with van der Waals surface area (Å²) in [6, 6.07) is 0. The molecule has 0 saturated heterocycles. The molecular weight excluding hydrogens is 180 g/mol. The first-order valence-corrected chi connectivity index (χ1v) is 6.63. The van der Waals surface area contributed by atoms with E-state index in [1.54, 1.807) is 5.57 Å². The third-order valence-corrected chi connectivity index (χ3v) is 5.82. The van der Waals surface area contributed by atoms with Gasteiger partial charge in [0.2, 0.25) is 0 Å². The molecule has 4 atom stereocenters. The minimum absolute atomic E-state index is 0.574. The average Bonchev–Trinajstić information content (AvgIpc) is 2.65. The molecule has 0 N–H and O–H groups in total. The summed E-state index contributed by atoms with van der Waals surface area (Å²) in [7, 11) is 0. The highest BCUT2D eigenvalue weighted by molar-refractivity contribution is 5.25. The Morgan fingerprint density at radius 2 is 2.00 bits per heavy atom. The van der Waals surface area contributed by atoms with Gasteiger partial charge in [-0.3, -0.25) is 0 Å². The highest BCUT2D eigenvalue weighted by atomic mass is 14.7. The summed E-state index contributed by atoms with van der Waals surface area (Å²) in [6.45, 7) is 11.8. The van der Waals surface area contributed by atoms with Gasteiger partial charge in [-0.25, -0.2) is 0 Å². The first kappa shape index (κ1) is 9.93. The van der Waals surface area contributed by atoms with Crippen LogP contribution in [0, 0.1) is 28.6 Å². The first-order chi connectivity index (χ1) is 6.96. The standard InChI is InChI=1S/C15H24/c1-10-7-12-6-5-11(2)15(12)9-14(3,4)8-13(10)15/h11-13H,1,5-9H2,2-4H3/t11-,12-,13-,15-/m1/s1. The molecule has 0 aromatic carbocycles. The van der Waals surface area contributed by atoms with Gasteiger partial charge in [0.15, 0.2) is 0 Å². The highest BCUT2D eigenvalue weighted by Crippen LogP contribution is 2.71. The van der Waals surface area contributed by atoms with Gasteiger partial charge in [-0.1, -0.05) is 32.9 Å². The van der Waals surface area contributed by atoms with Crippen molar-refractivity contribution >= 4 is 0 Å². The molecular formula is C15H24. The van der Waals surface area contributed by atoms with E-state index in [2.05, 4.69) is 27.4 Å². The van der Waals surface area contributed by atoms with Crippen molar-refractivity contribution in [3.8, 4) is 0 Å². The third kappa shape index (κ3) is 1.09. The fourth-order valence-corrected chi connectivity index (χ4v) is 5.38. The van der Waals surface area contributed by atoms with E-state index in [9.17, 15) is 0 Å². The smallest absolute Gasteiger partial charge is 0.0139 e. The van der Waals surface area contributed by atoms with E-state index in [0.29, 0.717) is 10.8 Å². The van der Waals surface area contributed by atoms with Gasteiger partial charge < -0.3 is 0 Å². The molecule has 15 heavy (non-hydrogen) atoms. The van der Waals surface area contributed by atoms with E-state index in [-0.39, 0.29) is 0 Å². The zero-order chi connectivity index (χ0) is 10.8. The van der Waals surface area contributed by atoms with Gasteiger partial charge >= 0.3 is 0 Å². The maximum atomic E-state index is 4.37. The van der Waals surface area contributed by atoms with E-state index in [1.165, 1.54) is 32.1 Å². The van der Waals surface area contributed by atoms with E-state index in [4.69, 9.17) is 0 Å². The largest absolute Gasteiger partial charge is 0.0995 e. The number of allylic oxidation sites excluding steroid dienone is 1. The summed E-state index contributed by atoms with van der Waals surface area (Å²) >= 11 is 0. The minimum Gasteiger partial charge on any atom is -0.0995 e. The lowest BCUT2D eigenvalue weighted by atomic mass is 9.69. The quantitative estimate of drug-likeness (QED) is 0.513. The van der Waals surface area contributed by atoms with Crippen LogP contribution in [0.4, 0.5) is 0 Å². The topological polar surface area (TPSA) is 0 Å². The van der Waals surface area contributed by atoms with Crippen LogP contribution in [0.5, 0.6) is 0 Å². The van der Waals surface area contributed by atoms with E-state index in [1.807, 2.05) is 0 Å². The second-order valence-corrected chi connectivity index (χ2v) is 7.25. The van der Waals surface area contributed by atoms with Crippen molar-refractivity contribution in [3.63, 3.8) is 0 Å². The fraction of sp³-hybridized carbons (Fsp3) is 0.867. The molecule has 84 valence electrons. The lowest BCUT2D eigenvalue weighted by Gasteiger charge is -2.35. The summed E-state index contributed by atoms with van der Waals surface area (Å²) in [6.07, 6.45) is 7.19. The van der Waals surface area contributed by atoms with Crippen LogP contribution in [0.25, 0.3) is 0 Å². The van der Waals surface area contributed by atoms with Gasteiger partial charge in [-0.05, 0) is 60.7 Å². The predicted octanol–water partition coefficient (Wildman–Crippen LogP) is 4.42. The molecule has 0 unspecified atom stereocenters. The van der Waals surface area contributed by atoms with Crippen LogP contribution < -0.4 is 0 Å². The molecule has 3 aliphatic carbocycles. The molecule has 3 rings (SSSR count). The van der Waals surface area contributed by atoms with Crippen LogP contribution in [0.2, 0.25) is 0 Å². The summed E-state index contributed by atoms with van der Waals surface area (Å²) in [5.41, 5.74) is 2.85. The Morgan fingerprint density at radius 3 is 2.73 bits per heavy atom. The molecule has 0 bridgehead atoms. The molecule has 0 nitrogen and oxygen atoms in total. The van der Waals surface area contributed by atoms with Crippen LogP contribution in [-0.4, -0.2) is 0 Å². The molecule has 0 aromatic heterocycles. The molecule has 0 aromatic rings. The third-order valence-electron chi connectivity index (χ3n) is 5.82. The summed E-state index contributed by atoms with van der Waals surface area (Å²) in [4.78, 5) is 0. The van der Waals surface area contributed by atoms with Crippen LogP contribution in [0.1, 0.15) is 52.9 Å². The van der Waals surface area contributed by atoms with Crippen molar-refractivity contribution in [2.24, 2.45) is 28.6 Å². The molecule has 0 heteroatoms. The van der Waals surface area contributed by atoms with Crippen molar-refractivity contribution in [2.75, 3.05) is 0 Å². The van der Waals surface area contributed by atoms with Gasteiger partial charge in [-0.15, -0.1) is 0 Å². The monoisotopic (exact) mass is 204 g/mol. The summed E-state index contributed by atoms with van der Waals surface area (Å²) < 4.78 is 0. The summed E-state index contributed by atoms with van der Waals surface area (Å²) in [5, 5.41) is 0. The lowest BCUT2D eigenvalue weighted by molar-refractivity contribution is 0.131. The molecule has 3 saturated carbocycles. The Hall–Kier alpha value is -0.260. The van der Waals surface area contributed by atoms with Crippen molar-refractivity contribution in [2.45, 2.75) is 52.9 Å². The number of rotatable bonds is 0. The molecule has 0 aliphatic heterocycles. The van der Waals surface area contributed by atoms with Gasteiger partial charge in [0.25, 0.3) is 0 Å². The van der Waals surface area contributed by atoms with Crippen LogP contribution in [-0.2, 0) is 0 Å². The average molecular weight is 204 g/mol. The highest BCUT2D eigenvalue weighted by Gasteiger charge is 2.63. The SMILES string of the molecule is C=C1C[C@H]2CC[C@@H](C)[C@]23CC(C)(C)C[C@H]13. The van der Waals surface area contributed by atoms with Gasteiger partial charge in [0.1, 0.15) is 0 Å². The Morgan fingerprint density at radius 1 is 1.27 bits per heavy atom. The zero-order valence-electron chi connectivity index (χ0n) is 10.5. The van der Waals surface area contributed by atoms with Crippen molar-refractivity contribution < 1.29 is 0 Å². The first-order valence-electron chi connectivity index (χ1n) is 6.63. The number of hydrogen-bond acceptors (Lipinski definition) is 0. The summed E-state index contributed by atoms with van der Waals surface area (Å²) in [5.74, 6) is 2.82. The van der Waals surface area contributed by atoms with Crippen LogP contribution in [0.3, 0.4) is 0 Å². The zero-order valence-corrected chi connectivity index (χ0v) is 10.5. The van der Waals surface area contributed by atoms with E-state index < -0.39 is 0 Å². The second kappa shape index (κ2) is 2.70. The molecule has 3 fully saturated rings.